The Morgan fingerprint density at radius 3 is 2.61 bits per heavy atom. The van der Waals surface area contributed by atoms with E-state index in [0.29, 0.717) is 32.8 Å². The molecule has 6 nitrogen and oxygen atoms in total. The number of piperazine rings is 1. The first kappa shape index (κ1) is 18.3. The van der Waals surface area contributed by atoms with Crippen LogP contribution in [0.5, 0.6) is 0 Å². The number of nitrogens with zero attached hydrogens (tertiary/aromatic N) is 3. The van der Waals surface area contributed by atoms with Gasteiger partial charge in [0.05, 0.1) is 23.4 Å². The molecule has 23 heavy (non-hydrogen) atoms. The van der Waals surface area contributed by atoms with Crippen LogP contribution in [0.3, 0.4) is 0 Å². The maximum Gasteiger partial charge on any atom is 0.265 e. The number of hydrogen-bond acceptors (Lipinski definition) is 6. The first-order chi connectivity index (χ1) is 11.0. The number of β-amino-alcohol motifs (C(OH)–C–C–N with tert-alkyl or cyclic N) is 1. The molecule has 2 rings (SSSR count). The molecule has 0 spiro atoms. The number of hydrogen-bond donors (Lipinski definition) is 1. The van der Waals surface area contributed by atoms with Crippen LogP contribution < -0.4 is 0 Å². The molecule has 1 aliphatic heterocycles. The van der Waals surface area contributed by atoms with Gasteiger partial charge in [0.15, 0.2) is 0 Å². The van der Waals surface area contributed by atoms with Gasteiger partial charge in [-0.1, -0.05) is 6.92 Å². The van der Waals surface area contributed by atoms with Crippen LogP contribution in [0.25, 0.3) is 0 Å². The molecule has 1 atom stereocenters. The molecular formula is C16H27N3O3S. The fourth-order valence-electron chi connectivity index (χ4n) is 2.68. The first-order valence-electron chi connectivity index (χ1n) is 8.28. The Hall–Kier alpha value is -1.02. The molecule has 2 heterocycles. The molecule has 1 fully saturated rings. The number of carbonyl (C=O) groups excluding carboxylic acids is 1. The van der Waals surface area contributed by atoms with Crippen LogP contribution in [0.1, 0.15) is 34.2 Å². The largest absolute Gasteiger partial charge is 0.389 e. The quantitative estimate of drug-likeness (QED) is 0.806. The van der Waals surface area contributed by atoms with Gasteiger partial charge in [-0.3, -0.25) is 9.69 Å². The van der Waals surface area contributed by atoms with E-state index >= 15 is 0 Å². The highest BCUT2D eigenvalue weighted by Gasteiger charge is 2.26. The number of ether oxygens (including phenoxy) is 1. The standard InChI is InChI=1S/C16H27N3O3S/c1-4-14-17-12(3)15(23-14)16(21)19-8-6-18(7-9-19)10-13(20)11-22-5-2/h13,20H,4-11H2,1-3H3/t13-/m1/s1. The summed E-state index contributed by atoms with van der Waals surface area (Å²) in [6, 6.07) is 0. The Balaban J connectivity index is 1.83. The van der Waals surface area contributed by atoms with Gasteiger partial charge in [0.1, 0.15) is 4.88 Å². The van der Waals surface area contributed by atoms with Crippen molar-refractivity contribution in [3.05, 3.63) is 15.6 Å². The summed E-state index contributed by atoms with van der Waals surface area (Å²) in [4.78, 5) is 21.9. The minimum absolute atomic E-state index is 0.0919. The van der Waals surface area contributed by atoms with Crippen molar-refractivity contribution < 1.29 is 14.6 Å². The van der Waals surface area contributed by atoms with E-state index in [0.717, 1.165) is 35.1 Å². The first-order valence-corrected chi connectivity index (χ1v) is 9.10. The van der Waals surface area contributed by atoms with Gasteiger partial charge in [-0.05, 0) is 20.3 Å². The van der Waals surface area contributed by atoms with Crippen LogP contribution in [0, 0.1) is 6.92 Å². The normalized spacial score (nSPS) is 17.5. The summed E-state index contributed by atoms with van der Waals surface area (Å²) in [6.45, 7) is 10.4. The van der Waals surface area contributed by atoms with Crippen molar-refractivity contribution in [3.63, 3.8) is 0 Å². The van der Waals surface area contributed by atoms with Crippen LogP contribution in [-0.4, -0.2) is 77.8 Å². The summed E-state index contributed by atoms with van der Waals surface area (Å²) in [6.07, 6.45) is 0.401. The highest BCUT2D eigenvalue weighted by Crippen LogP contribution is 2.21. The van der Waals surface area contributed by atoms with Crippen molar-refractivity contribution in [1.82, 2.24) is 14.8 Å². The van der Waals surface area contributed by atoms with Crippen molar-refractivity contribution in [1.29, 1.82) is 0 Å². The summed E-state index contributed by atoms with van der Waals surface area (Å²) in [7, 11) is 0. The Kier molecular flexibility index (Phi) is 6.95. The summed E-state index contributed by atoms with van der Waals surface area (Å²) >= 11 is 1.51. The van der Waals surface area contributed by atoms with E-state index in [1.54, 1.807) is 0 Å². The van der Waals surface area contributed by atoms with Gasteiger partial charge in [-0.25, -0.2) is 4.98 Å². The minimum atomic E-state index is -0.465. The fourth-order valence-corrected chi connectivity index (χ4v) is 3.66. The number of aryl methyl sites for hydroxylation is 2. The highest BCUT2D eigenvalue weighted by atomic mass is 32.1. The molecule has 1 N–H and O–H groups in total. The Bertz CT molecular complexity index is 513. The lowest BCUT2D eigenvalue weighted by atomic mass is 10.2. The SMILES string of the molecule is CCOC[C@H](O)CN1CCN(C(=O)c2sc(CC)nc2C)CC1. The topological polar surface area (TPSA) is 65.9 Å². The highest BCUT2D eigenvalue weighted by molar-refractivity contribution is 7.13. The third-order valence-electron chi connectivity index (χ3n) is 3.98. The van der Waals surface area contributed by atoms with Gasteiger partial charge in [0, 0.05) is 39.3 Å². The molecule has 0 aromatic carbocycles. The van der Waals surface area contributed by atoms with Gasteiger partial charge in [-0.2, -0.15) is 0 Å². The van der Waals surface area contributed by atoms with E-state index in [4.69, 9.17) is 4.74 Å². The third-order valence-corrected chi connectivity index (χ3v) is 5.27. The molecule has 0 radical (unpaired) electrons. The maximum absolute atomic E-state index is 12.6. The molecule has 7 heteroatoms. The van der Waals surface area contributed by atoms with Crippen LogP contribution in [0.15, 0.2) is 0 Å². The van der Waals surface area contributed by atoms with Crippen LogP contribution in [-0.2, 0) is 11.2 Å². The maximum atomic E-state index is 12.6. The summed E-state index contributed by atoms with van der Waals surface area (Å²) in [5, 5.41) is 10.9. The molecule has 1 aromatic heterocycles. The molecule has 1 saturated heterocycles. The number of aliphatic hydroxyl groups is 1. The molecule has 1 aliphatic rings. The van der Waals surface area contributed by atoms with Gasteiger partial charge in [-0.15, -0.1) is 11.3 Å². The molecule has 1 aromatic rings. The predicted octanol–water partition coefficient (Wildman–Crippen LogP) is 1.17. The average Bonchev–Trinajstić information content (AvgIpc) is 2.94. The number of rotatable bonds is 7. The smallest absolute Gasteiger partial charge is 0.265 e. The molecule has 130 valence electrons. The lowest BCUT2D eigenvalue weighted by Gasteiger charge is -2.35. The van der Waals surface area contributed by atoms with E-state index in [1.165, 1.54) is 11.3 Å². The average molecular weight is 341 g/mol. The number of aliphatic hydroxyl groups excluding tert-OH is 1. The van der Waals surface area contributed by atoms with Crippen molar-refractivity contribution in [2.75, 3.05) is 45.9 Å². The van der Waals surface area contributed by atoms with Gasteiger partial charge in [0.2, 0.25) is 0 Å². The number of thiazole rings is 1. The Morgan fingerprint density at radius 1 is 1.35 bits per heavy atom. The minimum Gasteiger partial charge on any atom is -0.389 e. The summed E-state index contributed by atoms with van der Waals surface area (Å²) in [5.41, 5.74) is 0.839. The van der Waals surface area contributed by atoms with Gasteiger partial charge < -0.3 is 14.7 Å². The van der Waals surface area contributed by atoms with E-state index < -0.39 is 6.10 Å². The Morgan fingerprint density at radius 2 is 2.04 bits per heavy atom. The van der Waals surface area contributed by atoms with E-state index in [9.17, 15) is 9.90 Å². The van der Waals surface area contributed by atoms with Crippen LogP contribution in [0.4, 0.5) is 0 Å². The number of aromatic nitrogens is 1. The van der Waals surface area contributed by atoms with Gasteiger partial charge in [0.25, 0.3) is 5.91 Å². The van der Waals surface area contributed by atoms with Crippen molar-refractivity contribution in [2.45, 2.75) is 33.3 Å². The van der Waals surface area contributed by atoms with Crippen molar-refractivity contribution in [2.24, 2.45) is 0 Å². The van der Waals surface area contributed by atoms with Crippen LogP contribution >= 0.6 is 11.3 Å². The van der Waals surface area contributed by atoms with E-state index in [1.807, 2.05) is 18.7 Å². The van der Waals surface area contributed by atoms with E-state index in [2.05, 4.69) is 16.8 Å². The predicted molar refractivity (Wildman–Crippen MR) is 91.1 cm³/mol. The third kappa shape index (κ3) is 4.97. The zero-order valence-electron chi connectivity index (χ0n) is 14.2. The van der Waals surface area contributed by atoms with Crippen LogP contribution in [0.2, 0.25) is 0 Å². The molecule has 0 unspecified atom stereocenters. The lowest BCUT2D eigenvalue weighted by Crippen LogP contribution is -2.50. The van der Waals surface area contributed by atoms with E-state index in [-0.39, 0.29) is 5.91 Å². The molecule has 1 amide bonds. The second-order valence-electron chi connectivity index (χ2n) is 5.78. The zero-order chi connectivity index (χ0) is 16.8. The second-order valence-corrected chi connectivity index (χ2v) is 6.87. The fraction of sp³-hybridized carbons (Fsp3) is 0.750. The second kappa shape index (κ2) is 8.73. The van der Waals surface area contributed by atoms with Gasteiger partial charge >= 0.3 is 0 Å². The summed E-state index contributed by atoms with van der Waals surface area (Å²) in [5.74, 6) is 0.0919. The molecule has 0 aliphatic carbocycles. The molecular weight excluding hydrogens is 314 g/mol. The van der Waals surface area contributed by atoms with Crippen molar-refractivity contribution in [3.8, 4) is 0 Å². The summed E-state index contributed by atoms with van der Waals surface area (Å²) < 4.78 is 5.23. The molecule has 0 saturated carbocycles. The number of amides is 1. The lowest BCUT2D eigenvalue weighted by molar-refractivity contribution is 0.0112. The Labute approximate surface area is 142 Å². The monoisotopic (exact) mass is 341 g/mol. The zero-order valence-corrected chi connectivity index (χ0v) is 15.1. The number of carbonyl (C=O) groups is 1. The van der Waals surface area contributed by atoms with Crippen molar-refractivity contribution >= 4 is 17.2 Å². The molecule has 0 bridgehead atoms.